The van der Waals surface area contributed by atoms with E-state index in [1.807, 2.05) is 24.3 Å². The normalized spacial score (nSPS) is 16.9. The number of ether oxygens (including phenoxy) is 1. The molecule has 1 aromatic carbocycles. The number of hydrogen-bond acceptors (Lipinski definition) is 3. The Hall–Kier alpha value is -1.55. The Balaban J connectivity index is 2.01. The SMILES string of the molecule is CCCc1ccc(OC2(CC(=O)O)CNC2)cc1. The Morgan fingerprint density at radius 3 is 2.50 bits per heavy atom. The minimum absolute atomic E-state index is 0.0384. The number of rotatable bonds is 6. The molecule has 1 aliphatic heterocycles. The summed E-state index contributed by atoms with van der Waals surface area (Å²) >= 11 is 0. The van der Waals surface area contributed by atoms with E-state index in [1.54, 1.807) is 0 Å². The molecule has 0 aromatic heterocycles. The van der Waals surface area contributed by atoms with E-state index in [4.69, 9.17) is 9.84 Å². The molecule has 0 unspecified atom stereocenters. The van der Waals surface area contributed by atoms with Crippen molar-refractivity contribution in [3.8, 4) is 5.75 Å². The topological polar surface area (TPSA) is 58.6 Å². The van der Waals surface area contributed by atoms with E-state index >= 15 is 0 Å². The average Bonchev–Trinajstić information content (AvgIpc) is 2.28. The number of benzene rings is 1. The second-order valence-electron chi connectivity index (χ2n) is 4.85. The quantitative estimate of drug-likeness (QED) is 0.807. The van der Waals surface area contributed by atoms with E-state index in [9.17, 15) is 4.79 Å². The number of carboxylic acids is 1. The van der Waals surface area contributed by atoms with Gasteiger partial charge in [0.2, 0.25) is 0 Å². The molecule has 1 heterocycles. The lowest BCUT2D eigenvalue weighted by Gasteiger charge is -2.41. The van der Waals surface area contributed by atoms with Crippen LogP contribution in [-0.4, -0.2) is 29.8 Å². The zero-order valence-corrected chi connectivity index (χ0v) is 10.6. The fourth-order valence-electron chi connectivity index (χ4n) is 2.18. The molecule has 2 N–H and O–H groups in total. The summed E-state index contributed by atoms with van der Waals surface area (Å²) in [5.41, 5.74) is 0.710. The number of aliphatic carboxylic acids is 1. The lowest BCUT2D eigenvalue weighted by Crippen LogP contribution is -2.64. The lowest BCUT2D eigenvalue weighted by molar-refractivity contribution is -0.143. The first kappa shape index (κ1) is 12.9. The van der Waals surface area contributed by atoms with Gasteiger partial charge in [-0.2, -0.15) is 0 Å². The predicted octanol–water partition coefficient (Wildman–Crippen LogP) is 1.83. The number of nitrogens with one attached hydrogen (secondary N) is 1. The van der Waals surface area contributed by atoms with Crippen molar-refractivity contribution >= 4 is 5.97 Å². The van der Waals surface area contributed by atoms with Crippen LogP contribution >= 0.6 is 0 Å². The Labute approximate surface area is 107 Å². The fourth-order valence-corrected chi connectivity index (χ4v) is 2.18. The Morgan fingerprint density at radius 1 is 1.39 bits per heavy atom. The monoisotopic (exact) mass is 249 g/mol. The van der Waals surface area contributed by atoms with Crippen molar-refractivity contribution in [2.75, 3.05) is 13.1 Å². The number of carboxylic acid groups (broad SMARTS) is 1. The molecule has 1 saturated heterocycles. The maximum Gasteiger partial charge on any atom is 0.307 e. The first-order chi connectivity index (χ1) is 8.63. The van der Waals surface area contributed by atoms with E-state index in [1.165, 1.54) is 5.56 Å². The summed E-state index contributed by atoms with van der Waals surface area (Å²) in [5.74, 6) is -0.0725. The van der Waals surface area contributed by atoms with Gasteiger partial charge in [-0.3, -0.25) is 4.79 Å². The highest BCUT2D eigenvalue weighted by atomic mass is 16.5. The van der Waals surface area contributed by atoms with Gasteiger partial charge < -0.3 is 15.2 Å². The molecule has 0 saturated carbocycles. The minimum atomic E-state index is -0.820. The van der Waals surface area contributed by atoms with Crippen LogP contribution in [0, 0.1) is 0 Å². The summed E-state index contributed by atoms with van der Waals surface area (Å²) in [5, 5.41) is 12.0. The highest BCUT2D eigenvalue weighted by Crippen LogP contribution is 2.25. The Bertz CT molecular complexity index is 410. The molecular formula is C14H19NO3. The summed E-state index contributed by atoms with van der Waals surface area (Å²) < 4.78 is 5.84. The van der Waals surface area contributed by atoms with Gasteiger partial charge in [0.1, 0.15) is 11.4 Å². The zero-order chi connectivity index (χ0) is 13.0. The molecule has 4 heteroatoms. The summed E-state index contributed by atoms with van der Waals surface area (Å²) in [4.78, 5) is 10.8. The molecule has 0 amide bonds. The summed E-state index contributed by atoms with van der Waals surface area (Å²) in [6.07, 6.45) is 2.21. The molecule has 4 nitrogen and oxygen atoms in total. The molecule has 0 spiro atoms. The molecule has 0 atom stereocenters. The highest BCUT2D eigenvalue weighted by Gasteiger charge is 2.41. The highest BCUT2D eigenvalue weighted by molar-refractivity contribution is 5.68. The second kappa shape index (κ2) is 5.40. The van der Waals surface area contributed by atoms with Crippen molar-refractivity contribution in [3.63, 3.8) is 0 Å². The van der Waals surface area contributed by atoms with Gasteiger partial charge in [0.25, 0.3) is 0 Å². The summed E-state index contributed by atoms with van der Waals surface area (Å²) in [6, 6.07) is 7.93. The molecule has 2 rings (SSSR count). The number of aryl methyl sites for hydroxylation is 1. The van der Waals surface area contributed by atoms with Crippen molar-refractivity contribution in [2.45, 2.75) is 31.8 Å². The van der Waals surface area contributed by atoms with E-state index in [2.05, 4.69) is 12.2 Å². The molecule has 0 radical (unpaired) electrons. The molecule has 98 valence electrons. The predicted molar refractivity (Wildman–Crippen MR) is 68.9 cm³/mol. The second-order valence-corrected chi connectivity index (χ2v) is 4.85. The maximum absolute atomic E-state index is 10.8. The van der Waals surface area contributed by atoms with Gasteiger partial charge in [0.15, 0.2) is 0 Å². The van der Waals surface area contributed by atoms with Gasteiger partial charge in [0, 0.05) is 13.1 Å². The van der Waals surface area contributed by atoms with Crippen LogP contribution in [0.25, 0.3) is 0 Å². The molecule has 1 aromatic rings. The van der Waals surface area contributed by atoms with Crippen molar-refractivity contribution in [3.05, 3.63) is 29.8 Å². The van der Waals surface area contributed by atoms with Crippen LogP contribution in [0.1, 0.15) is 25.3 Å². The van der Waals surface area contributed by atoms with Gasteiger partial charge in [-0.25, -0.2) is 0 Å². The Kier molecular flexibility index (Phi) is 3.87. The summed E-state index contributed by atoms with van der Waals surface area (Å²) in [6.45, 7) is 3.33. The first-order valence-electron chi connectivity index (χ1n) is 6.34. The van der Waals surface area contributed by atoms with Crippen LogP contribution in [-0.2, 0) is 11.2 Å². The van der Waals surface area contributed by atoms with E-state index < -0.39 is 11.6 Å². The fraction of sp³-hybridized carbons (Fsp3) is 0.500. The van der Waals surface area contributed by atoms with Gasteiger partial charge in [-0.1, -0.05) is 25.5 Å². The molecular weight excluding hydrogens is 230 g/mol. The smallest absolute Gasteiger partial charge is 0.307 e. The Morgan fingerprint density at radius 2 is 2.06 bits per heavy atom. The number of carbonyl (C=O) groups is 1. The molecule has 0 bridgehead atoms. The first-order valence-corrected chi connectivity index (χ1v) is 6.34. The van der Waals surface area contributed by atoms with Gasteiger partial charge in [-0.15, -0.1) is 0 Å². The van der Waals surface area contributed by atoms with Crippen molar-refractivity contribution in [2.24, 2.45) is 0 Å². The van der Waals surface area contributed by atoms with E-state index in [0.29, 0.717) is 13.1 Å². The van der Waals surface area contributed by atoms with Crippen LogP contribution < -0.4 is 10.1 Å². The van der Waals surface area contributed by atoms with Crippen LogP contribution in [0.2, 0.25) is 0 Å². The van der Waals surface area contributed by atoms with E-state index in [-0.39, 0.29) is 6.42 Å². The third kappa shape index (κ3) is 3.01. The van der Waals surface area contributed by atoms with Gasteiger partial charge in [-0.05, 0) is 24.1 Å². The van der Waals surface area contributed by atoms with Crippen LogP contribution in [0.15, 0.2) is 24.3 Å². The average molecular weight is 249 g/mol. The van der Waals surface area contributed by atoms with Crippen molar-refractivity contribution in [1.29, 1.82) is 0 Å². The largest absolute Gasteiger partial charge is 0.484 e. The van der Waals surface area contributed by atoms with Crippen LogP contribution in [0.3, 0.4) is 0 Å². The summed E-state index contributed by atoms with van der Waals surface area (Å²) in [7, 11) is 0. The molecule has 1 fully saturated rings. The third-order valence-corrected chi connectivity index (χ3v) is 3.16. The standard InChI is InChI=1S/C14H19NO3/c1-2-3-11-4-6-12(7-5-11)18-14(8-13(16)17)9-15-10-14/h4-7,15H,2-3,8-10H2,1H3,(H,16,17). The molecule has 18 heavy (non-hydrogen) atoms. The van der Waals surface area contributed by atoms with Crippen molar-refractivity contribution < 1.29 is 14.6 Å². The zero-order valence-electron chi connectivity index (χ0n) is 10.6. The molecule has 0 aliphatic carbocycles. The minimum Gasteiger partial charge on any atom is -0.484 e. The lowest BCUT2D eigenvalue weighted by atomic mass is 9.92. The van der Waals surface area contributed by atoms with Crippen molar-refractivity contribution in [1.82, 2.24) is 5.32 Å². The van der Waals surface area contributed by atoms with Gasteiger partial charge in [0.05, 0.1) is 6.42 Å². The van der Waals surface area contributed by atoms with Gasteiger partial charge >= 0.3 is 5.97 Å². The maximum atomic E-state index is 10.8. The van der Waals surface area contributed by atoms with E-state index in [0.717, 1.165) is 18.6 Å². The molecule has 1 aliphatic rings. The van der Waals surface area contributed by atoms with Crippen LogP contribution in [0.4, 0.5) is 0 Å². The van der Waals surface area contributed by atoms with Crippen LogP contribution in [0.5, 0.6) is 5.75 Å². The third-order valence-electron chi connectivity index (χ3n) is 3.16. The number of hydrogen-bond donors (Lipinski definition) is 2.